The number of hydrogen-bond donors (Lipinski definition) is 1. The van der Waals surface area contributed by atoms with Crippen molar-refractivity contribution in [2.24, 2.45) is 0 Å². The van der Waals surface area contributed by atoms with Gasteiger partial charge in [-0.25, -0.2) is 13.1 Å². The van der Waals surface area contributed by atoms with Crippen LogP contribution in [0.3, 0.4) is 0 Å². The van der Waals surface area contributed by atoms with E-state index in [4.69, 9.17) is 0 Å². The summed E-state index contributed by atoms with van der Waals surface area (Å²) >= 11 is 0. The first-order valence-corrected chi connectivity index (χ1v) is 6.44. The van der Waals surface area contributed by atoms with Crippen LogP contribution in [0.4, 0.5) is 0 Å². The van der Waals surface area contributed by atoms with E-state index in [1.165, 1.54) is 6.26 Å². The van der Waals surface area contributed by atoms with Crippen molar-refractivity contribution in [1.82, 2.24) is 4.72 Å². The van der Waals surface area contributed by atoms with E-state index in [0.717, 1.165) is 12.0 Å². The molecule has 4 heteroatoms. The Hall–Kier alpha value is -0.870. The Morgan fingerprint density at radius 2 is 1.86 bits per heavy atom. The van der Waals surface area contributed by atoms with Crippen LogP contribution in [0.25, 0.3) is 0 Å². The molecule has 3 nitrogen and oxygen atoms in total. The van der Waals surface area contributed by atoms with Crippen molar-refractivity contribution in [2.45, 2.75) is 19.4 Å². The van der Waals surface area contributed by atoms with Gasteiger partial charge in [-0.05, 0) is 12.0 Å². The van der Waals surface area contributed by atoms with Crippen LogP contribution in [-0.4, -0.2) is 14.7 Å². The highest BCUT2D eigenvalue weighted by Gasteiger charge is 2.12. The van der Waals surface area contributed by atoms with E-state index in [1.807, 2.05) is 37.3 Å². The molecule has 0 bridgehead atoms. The molecule has 0 aromatic heterocycles. The van der Waals surface area contributed by atoms with Crippen molar-refractivity contribution in [3.8, 4) is 0 Å². The Balaban J connectivity index is 2.84. The van der Waals surface area contributed by atoms with Gasteiger partial charge in [0, 0.05) is 6.04 Å². The van der Waals surface area contributed by atoms with E-state index in [2.05, 4.69) is 4.72 Å². The monoisotopic (exact) mass is 213 g/mol. The zero-order chi connectivity index (χ0) is 10.6. The smallest absolute Gasteiger partial charge is 0.209 e. The minimum Gasteiger partial charge on any atom is -0.213 e. The van der Waals surface area contributed by atoms with Gasteiger partial charge in [0.05, 0.1) is 6.26 Å². The first kappa shape index (κ1) is 11.2. The lowest BCUT2D eigenvalue weighted by Crippen LogP contribution is -2.26. The first-order valence-electron chi connectivity index (χ1n) is 4.55. The lowest BCUT2D eigenvalue weighted by atomic mass is 10.1. The summed E-state index contributed by atoms with van der Waals surface area (Å²) in [4.78, 5) is 0. The van der Waals surface area contributed by atoms with E-state index < -0.39 is 10.0 Å². The van der Waals surface area contributed by atoms with Gasteiger partial charge in [-0.2, -0.15) is 0 Å². The normalized spacial score (nSPS) is 13.9. The Bertz CT molecular complexity index is 372. The fourth-order valence-electron chi connectivity index (χ4n) is 1.33. The van der Waals surface area contributed by atoms with Crippen LogP contribution < -0.4 is 4.72 Å². The molecule has 1 atom stereocenters. The molecule has 78 valence electrons. The highest BCUT2D eigenvalue weighted by Crippen LogP contribution is 2.16. The molecule has 1 unspecified atom stereocenters. The quantitative estimate of drug-likeness (QED) is 0.827. The molecule has 0 amide bonds. The molecule has 0 saturated heterocycles. The van der Waals surface area contributed by atoms with Gasteiger partial charge in [-0.15, -0.1) is 0 Å². The standard InChI is InChI=1S/C10H15NO2S/c1-3-10(11-14(2,12)13)9-7-5-4-6-8-9/h4-8,10-11H,3H2,1-2H3. The van der Waals surface area contributed by atoms with E-state index in [1.54, 1.807) is 0 Å². The molecule has 0 aliphatic rings. The van der Waals surface area contributed by atoms with Crippen molar-refractivity contribution >= 4 is 10.0 Å². The second-order valence-electron chi connectivity index (χ2n) is 3.26. The van der Waals surface area contributed by atoms with Gasteiger partial charge in [-0.1, -0.05) is 37.3 Å². The molecule has 0 spiro atoms. The van der Waals surface area contributed by atoms with Crippen LogP contribution in [0, 0.1) is 0 Å². The maximum atomic E-state index is 11.1. The molecule has 14 heavy (non-hydrogen) atoms. The predicted octanol–water partition coefficient (Wildman–Crippen LogP) is 1.69. The Labute approximate surface area is 85.2 Å². The highest BCUT2D eigenvalue weighted by molar-refractivity contribution is 7.88. The van der Waals surface area contributed by atoms with Gasteiger partial charge >= 0.3 is 0 Å². The van der Waals surface area contributed by atoms with E-state index in [9.17, 15) is 8.42 Å². The molecule has 1 aromatic rings. The van der Waals surface area contributed by atoms with Gasteiger partial charge in [-0.3, -0.25) is 0 Å². The Morgan fingerprint density at radius 1 is 1.29 bits per heavy atom. The van der Waals surface area contributed by atoms with Gasteiger partial charge in [0.15, 0.2) is 0 Å². The van der Waals surface area contributed by atoms with Crippen LogP contribution in [0.15, 0.2) is 30.3 Å². The largest absolute Gasteiger partial charge is 0.213 e. The van der Waals surface area contributed by atoms with Crippen LogP contribution in [0.5, 0.6) is 0 Å². The van der Waals surface area contributed by atoms with E-state index >= 15 is 0 Å². The summed E-state index contributed by atoms with van der Waals surface area (Å²) < 4.78 is 24.7. The Morgan fingerprint density at radius 3 is 2.29 bits per heavy atom. The van der Waals surface area contributed by atoms with Crippen LogP contribution in [-0.2, 0) is 10.0 Å². The molecule has 1 aromatic carbocycles. The summed E-state index contributed by atoms with van der Waals surface area (Å²) in [5.74, 6) is 0. The maximum absolute atomic E-state index is 11.1. The summed E-state index contributed by atoms with van der Waals surface area (Å²) in [5.41, 5.74) is 1.00. The third kappa shape index (κ3) is 3.47. The molecule has 0 saturated carbocycles. The van der Waals surface area contributed by atoms with Crippen molar-refractivity contribution < 1.29 is 8.42 Å². The van der Waals surface area contributed by atoms with E-state index in [0.29, 0.717) is 0 Å². The number of nitrogens with one attached hydrogen (secondary N) is 1. The van der Waals surface area contributed by atoms with Crippen LogP contribution >= 0.6 is 0 Å². The maximum Gasteiger partial charge on any atom is 0.209 e. The summed E-state index contributed by atoms with van der Waals surface area (Å²) in [6.45, 7) is 1.95. The molecule has 0 heterocycles. The molecule has 1 rings (SSSR count). The second-order valence-corrected chi connectivity index (χ2v) is 5.04. The molecule has 0 aliphatic carbocycles. The lowest BCUT2D eigenvalue weighted by Gasteiger charge is -2.15. The summed E-state index contributed by atoms with van der Waals surface area (Å²) in [6.07, 6.45) is 1.93. The Kier molecular flexibility index (Phi) is 3.66. The fraction of sp³-hybridized carbons (Fsp3) is 0.400. The molecular weight excluding hydrogens is 198 g/mol. The van der Waals surface area contributed by atoms with Gasteiger partial charge in [0.25, 0.3) is 0 Å². The molecule has 0 fully saturated rings. The SMILES string of the molecule is CCC(NS(C)(=O)=O)c1ccccc1. The topological polar surface area (TPSA) is 46.2 Å². The highest BCUT2D eigenvalue weighted by atomic mass is 32.2. The first-order chi connectivity index (χ1) is 6.53. The second kappa shape index (κ2) is 4.57. The van der Waals surface area contributed by atoms with Crippen LogP contribution in [0.2, 0.25) is 0 Å². The number of sulfonamides is 1. The molecule has 0 radical (unpaired) electrons. The summed E-state index contributed by atoms with van der Waals surface area (Å²) in [6, 6.07) is 9.45. The number of rotatable bonds is 4. The van der Waals surface area contributed by atoms with Crippen molar-refractivity contribution in [3.63, 3.8) is 0 Å². The average molecular weight is 213 g/mol. The van der Waals surface area contributed by atoms with E-state index in [-0.39, 0.29) is 6.04 Å². The number of hydrogen-bond acceptors (Lipinski definition) is 2. The minimum atomic E-state index is -3.13. The van der Waals surface area contributed by atoms with Gasteiger partial charge in [0.1, 0.15) is 0 Å². The fourth-order valence-corrected chi connectivity index (χ4v) is 2.15. The summed E-state index contributed by atoms with van der Waals surface area (Å²) in [5, 5.41) is 0. The van der Waals surface area contributed by atoms with Crippen molar-refractivity contribution in [3.05, 3.63) is 35.9 Å². The zero-order valence-corrected chi connectivity index (χ0v) is 9.21. The molecule has 0 aliphatic heterocycles. The number of benzene rings is 1. The van der Waals surface area contributed by atoms with Crippen molar-refractivity contribution in [2.75, 3.05) is 6.26 Å². The molecule has 1 N–H and O–H groups in total. The zero-order valence-electron chi connectivity index (χ0n) is 8.40. The predicted molar refractivity (Wildman–Crippen MR) is 57.5 cm³/mol. The van der Waals surface area contributed by atoms with Gasteiger partial charge in [0.2, 0.25) is 10.0 Å². The summed E-state index contributed by atoms with van der Waals surface area (Å²) in [7, 11) is -3.13. The third-order valence-electron chi connectivity index (χ3n) is 1.97. The third-order valence-corrected chi connectivity index (χ3v) is 2.68. The van der Waals surface area contributed by atoms with Gasteiger partial charge < -0.3 is 0 Å². The average Bonchev–Trinajstić information content (AvgIpc) is 2.14. The molecular formula is C10H15NO2S. The van der Waals surface area contributed by atoms with Crippen molar-refractivity contribution in [1.29, 1.82) is 0 Å². The van der Waals surface area contributed by atoms with Crippen LogP contribution in [0.1, 0.15) is 24.9 Å². The lowest BCUT2D eigenvalue weighted by molar-refractivity contribution is 0.555. The minimum absolute atomic E-state index is 0.119.